The van der Waals surface area contributed by atoms with Crippen molar-refractivity contribution in [2.75, 3.05) is 12.4 Å². The van der Waals surface area contributed by atoms with Crippen LogP contribution in [-0.2, 0) is 4.79 Å². The molecule has 20 heavy (non-hydrogen) atoms. The molecule has 5 heteroatoms. The normalized spacial score (nSPS) is 12.1. The van der Waals surface area contributed by atoms with E-state index < -0.39 is 6.04 Å². The van der Waals surface area contributed by atoms with Crippen LogP contribution in [0, 0.1) is 25.2 Å². The number of carbonyl (C=O) groups is 1. The molecule has 0 bridgehead atoms. The minimum Gasteiger partial charge on any atom is -0.370 e. The minimum atomic E-state index is -0.466. The molecule has 4 N–H and O–H groups in total. The molecule has 0 aromatic heterocycles. The molecular weight excluding hydrogens is 252 g/mol. The molecule has 0 radical (unpaired) electrons. The molecule has 0 aliphatic carbocycles. The van der Waals surface area contributed by atoms with Gasteiger partial charge in [0.25, 0.3) is 0 Å². The number of nitrogens with zero attached hydrogens (tertiary/aromatic N) is 1. The van der Waals surface area contributed by atoms with Gasteiger partial charge in [-0.1, -0.05) is 32.0 Å². The van der Waals surface area contributed by atoms with E-state index in [0.29, 0.717) is 0 Å². The number of aryl methyl sites for hydroxylation is 2. The summed E-state index contributed by atoms with van der Waals surface area (Å²) in [6.45, 7) is 7.80. The Morgan fingerprint density at radius 1 is 1.30 bits per heavy atom. The highest BCUT2D eigenvalue weighted by Crippen LogP contribution is 2.21. The van der Waals surface area contributed by atoms with Crippen LogP contribution in [0.1, 0.15) is 25.0 Å². The van der Waals surface area contributed by atoms with Gasteiger partial charge in [-0.15, -0.1) is 0 Å². The molecule has 0 spiro atoms. The average Bonchev–Trinajstić information content (AvgIpc) is 2.33. The second-order valence-corrected chi connectivity index (χ2v) is 5.44. The highest BCUT2D eigenvalue weighted by atomic mass is 16.2. The molecule has 1 unspecified atom stereocenters. The first-order valence-electron chi connectivity index (χ1n) is 6.69. The molecular formula is C15H24N4O. The fourth-order valence-electron chi connectivity index (χ4n) is 2.28. The van der Waals surface area contributed by atoms with Crippen LogP contribution in [0.25, 0.3) is 0 Å². The van der Waals surface area contributed by atoms with Gasteiger partial charge in [-0.3, -0.25) is 10.2 Å². The first-order valence-corrected chi connectivity index (χ1v) is 6.69. The molecule has 0 fully saturated rings. The Balaban J connectivity index is 3.01. The fraction of sp³-hybridized carbons (Fsp3) is 0.467. The van der Waals surface area contributed by atoms with E-state index in [-0.39, 0.29) is 17.8 Å². The number of guanidine groups is 1. The monoisotopic (exact) mass is 276 g/mol. The second-order valence-electron chi connectivity index (χ2n) is 5.44. The zero-order chi connectivity index (χ0) is 15.4. The van der Waals surface area contributed by atoms with Crippen molar-refractivity contribution in [2.45, 2.75) is 33.7 Å². The zero-order valence-electron chi connectivity index (χ0n) is 12.8. The Hall–Kier alpha value is -2.04. The lowest BCUT2D eigenvalue weighted by atomic mass is 10.0. The summed E-state index contributed by atoms with van der Waals surface area (Å²) in [4.78, 5) is 14.0. The van der Waals surface area contributed by atoms with Crippen LogP contribution in [0.3, 0.4) is 0 Å². The van der Waals surface area contributed by atoms with Crippen molar-refractivity contribution in [2.24, 2.45) is 11.7 Å². The predicted octanol–water partition coefficient (Wildman–Crippen LogP) is 2.09. The fourth-order valence-corrected chi connectivity index (χ4v) is 2.28. The number of hydrogen-bond donors (Lipinski definition) is 3. The van der Waals surface area contributed by atoms with E-state index in [0.717, 1.165) is 16.8 Å². The maximum atomic E-state index is 12.5. The summed E-state index contributed by atoms with van der Waals surface area (Å²) in [5, 5.41) is 10.5. The molecule has 1 rings (SSSR count). The van der Waals surface area contributed by atoms with Crippen molar-refractivity contribution < 1.29 is 4.79 Å². The number of likely N-dealkylation sites (N-methyl/N-ethyl adjacent to an activating group) is 1. The number of benzene rings is 1. The number of nitrogens with two attached hydrogens (primary N) is 1. The van der Waals surface area contributed by atoms with E-state index in [9.17, 15) is 4.79 Å². The SMILES string of the molecule is Cc1cccc(C)c1NC(=O)C(C(C)C)N(C)C(=N)N. The van der Waals surface area contributed by atoms with Crippen LogP contribution in [-0.4, -0.2) is 29.9 Å². The summed E-state index contributed by atoms with van der Waals surface area (Å²) < 4.78 is 0. The molecule has 1 aromatic carbocycles. The van der Waals surface area contributed by atoms with E-state index in [2.05, 4.69) is 5.32 Å². The number of para-hydroxylation sites is 1. The predicted molar refractivity (Wildman–Crippen MR) is 82.8 cm³/mol. The lowest BCUT2D eigenvalue weighted by Crippen LogP contribution is -2.50. The number of nitrogens with one attached hydrogen (secondary N) is 2. The first kappa shape index (κ1) is 16.0. The molecule has 0 aliphatic rings. The van der Waals surface area contributed by atoms with Gasteiger partial charge in [-0.25, -0.2) is 0 Å². The Bertz CT molecular complexity index is 490. The van der Waals surface area contributed by atoms with Gasteiger partial charge in [0.05, 0.1) is 0 Å². The zero-order valence-corrected chi connectivity index (χ0v) is 12.8. The van der Waals surface area contributed by atoms with Crippen molar-refractivity contribution in [3.8, 4) is 0 Å². The molecule has 0 saturated carbocycles. The summed E-state index contributed by atoms with van der Waals surface area (Å²) in [6.07, 6.45) is 0. The number of carbonyl (C=O) groups excluding carboxylic acids is 1. The van der Waals surface area contributed by atoms with Crippen LogP contribution in [0.15, 0.2) is 18.2 Å². The van der Waals surface area contributed by atoms with Gasteiger partial charge in [0, 0.05) is 12.7 Å². The highest BCUT2D eigenvalue weighted by molar-refractivity contribution is 5.98. The molecule has 110 valence electrons. The van der Waals surface area contributed by atoms with Crippen molar-refractivity contribution >= 4 is 17.6 Å². The van der Waals surface area contributed by atoms with Gasteiger partial charge >= 0.3 is 0 Å². The topological polar surface area (TPSA) is 82.2 Å². The number of amides is 1. The Morgan fingerprint density at radius 2 is 1.80 bits per heavy atom. The van der Waals surface area contributed by atoms with E-state index in [1.165, 1.54) is 4.90 Å². The van der Waals surface area contributed by atoms with Gasteiger partial charge in [0.2, 0.25) is 5.91 Å². The van der Waals surface area contributed by atoms with Gasteiger partial charge in [-0.2, -0.15) is 0 Å². The summed E-state index contributed by atoms with van der Waals surface area (Å²) in [5.74, 6) is -0.205. The van der Waals surface area contributed by atoms with E-state index in [4.69, 9.17) is 11.1 Å². The smallest absolute Gasteiger partial charge is 0.247 e. The van der Waals surface area contributed by atoms with Crippen LogP contribution >= 0.6 is 0 Å². The average molecular weight is 276 g/mol. The van der Waals surface area contributed by atoms with Crippen LogP contribution in [0.2, 0.25) is 0 Å². The minimum absolute atomic E-state index is 0.0493. The van der Waals surface area contributed by atoms with Crippen LogP contribution in [0.4, 0.5) is 5.69 Å². The van der Waals surface area contributed by atoms with Gasteiger partial charge in [0.1, 0.15) is 6.04 Å². The summed E-state index contributed by atoms with van der Waals surface area (Å²) in [6, 6.07) is 5.41. The summed E-state index contributed by atoms with van der Waals surface area (Å²) >= 11 is 0. The maximum Gasteiger partial charge on any atom is 0.247 e. The number of rotatable bonds is 4. The highest BCUT2D eigenvalue weighted by Gasteiger charge is 2.28. The third-order valence-electron chi connectivity index (χ3n) is 3.43. The summed E-state index contributed by atoms with van der Waals surface area (Å²) in [5.41, 5.74) is 8.37. The van der Waals surface area contributed by atoms with Gasteiger partial charge < -0.3 is 16.0 Å². The molecule has 1 aromatic rings. The van der Waals surface area contributed by atoms with E-state index in [1.807, 2.05) is 45.9 Å². The Kier molecular flexibility index (Phi) is 5.13. The van der Waals surface area contributed by atoms with Crippen molar-refractivity contribution in [3.63, 3.8) is 0 Å². The molecule has 0 saturated heterocycles. The molecule has 5 nitrogen and oxygen atoms in total. The van der Waals surface area contributed by atoms with Crippen molar-refractivity contribution in [1.82, 2.24) is 4.90 Å². The number of hydrogen-bond acceptors (Lipinski definition) is 2. The molecule has 0 aliphatic heterocycles. The maximum absolute atomic E-state index is 12.5. The van der Waals surface area contributed by atoms with Crippen LogP contribution in [0.5, 0.6) is 0 Å². The largest absolute Gasteiger partial charge is 0.370 e. The van der Waals surface area contributed by atoms with Crippen LogP contribution < -0.4 is 11.1 Å². The van der Waals surface area contributed by atoms with Gasteiger partial charge in [-0.05, 0) is 30.9 Å². The Labute approximate surface area is 120 Å². The second kappa shape index (κ2) is 6.41. The van der Waals surface area contributed by atoms with E-state index in [1.54, 1.807) is 7.05 Å². The molecule has 1 atom stereocenters. The lowest BCUT2D eigenvalue weighted by Gasteiger charge is -2.30. The third-order valence-corrected chi connectivity index (χ3v) is 3.43. The molecule has 1 amide bonds. The lowest BCUT2D eigenvalue weighted by molar-refractivity contribution is -0.121. The summed E-state index contributed by atoms with van der Waals surface area (Å²) in [7, 11) is 1.66. The van der Waals surface area contributed by atoms with Crippen molar-refractivity contribution in [1.29, 1.82) is 5.41 Å². The first-order chi connectivity index (χ1) is 9.25. The Morgan fingerprint density at radius 3 is 2.20 bits per heavy atom. The standard InChI is InChI=1S/C15H24N4O/c1-9(2)13(19(5)15(16)17)14(20)18-12-10(3)7-6-8-11(12)4/h6-9,13H,1-5H3,(H3,16,17)(H,18,20). The van der Waals surface area contributed by atoms with Gasteiger partial charge in [0.15, 0.2) is 5.96 Å². The third kappa shape index (κ3) is 3.50. The number of anilines is 1. The molecule has 0 heterocycles. The quantitative estimate of drug-likeness (QED) is 0.581. The van der Waals surface area contributed by atoms with E-state index >= 15 is 0 Å². The van der Waals surface area contributed by atoms with Crippen molar-refractivity contribution in [3.05, 3.63) is 29.3 Å².